The zero-order valence-corrected chi connectivity index (χ0v) is 12.9. The average molecular weight is 325 g/mol. The molecule has 0 spiro atoms. The molecule has 0 aromatic heterocycles. The van der Waals surface area contributed by atoms with Crippen molar-refractivity contribution in [2.75, 3.05) is 26.7 Å². The fraction of sp³-hybridized carbons (Fsp3) is 0.600. The van der Waals surface area contributed by atoms with Gasteiger partial charge in [-0.15, -0.1) is 0 Å². The van der Waals surface area contributed by atoms with E-state index in [-0.39, 0.29) is 0 Å². The minimum Gasteiger partial charge on any atom is -0.496 e. The molecule has 0 amide bonds. The first kappa shape index (κ1) is 13.4. The third-order valence-electron chi connectivity index (χ3n) is 4.38. The maximum atomic E-state index is 5.47. The summed E-state index contributed by atoms with van der Waals surface area (Å²) in [7, 11) is 1.75. The van der Waals surface area contributed by atoms with Gasteiger partial charge in [0.15, 0.2) is 0 Å². The zero-order valence-electron chi connectivity index (χ0n) is 11.4. The van der Waals surface area contributed by atoms with E-state index in [1.807, 2.05) is 12.1 Å². The largest absolute Gasteiger partial charge is 0.496 e. The molecule has 1 N–H and O–H groups in total. The van der Waals surface area contributed by atoms with E-state index in [2.05, 4.69) is 32.2 Å². The number of likely N-dealkylation sites (tertiary alicyclic amines) is 1. The Bertz CT molecular complexity index is 452. The van der Waals surface area contributed by atoms with Crippen molar-refractivity contribution in [1.29, 1.82) is 0 Å². The van der Waals surface area contributed by atoms with Crippen LogP contribution in [0.15, 0.2) is 22.7 Å². The van der Waals surface area contributed by atoms with Crippen LogP contribution in [0.25, 0.3) is 0 Å². The molecule has 2 heterocycles. The highest BCUT2D eigenvalue weighted by Gasteiger charge is 2.32. The van der Waals surface area contributed by atoms with Gasteiger partial charge in [0.25, 0.3) is 0 Å². The van der Waals surface area contributed by atoms with Gasteiger partial charge in [-0.1, -0.05) is 15.9 Å². The summed E-state index contributed by atoms with van der Waals surface area (Å²) in [5.41, 5.74) is 1.28. The number of ether oxygens (including phenoxy) is 1. The van der Waals surface area contributed by atoms with E-state index in [1.54, 1.807) is 7.11 Å². The van der Waals surface area contributed by atoms with Crippen molar-refractivity contribution in [1.82, 2.24) is 10.2 Å². The summed E-state index contributed by atoms with van der Waals surface area (Å²) < 4.78 is 6.59. The van der Waals surface area contributed by atoms with Crippen LogP contribution in [0.2, 0.25) is 0 Å². The van der Waals surface area contributed by atoms with Gasteiger partial charge in [-0.2, -0.15) is 0 Å². The number of nitrogens with one attached hydrogen (secondary N) is 1. The van der Waals surface area contributed by atoms with Crippen molar-refractivity contribution in [2.24, 2.45) is 5.92 Å². The maximum absolute atomic E-state index is 5.47. The lowest BCUT2D eigenvalue weighted by Crippen LogP contribution is -2.43. The highest BCUT2D eigenvalue weighted by Crippen LogP contribution is 2.29. The molecule has 2 unspecified atom stereocenters. The van der Waals surface area contributed by atoms with Gasteiger partial charge >= 0.3 is 0 Å². The molecule has 19 heavy (non-hydrogen) atoms. The van der Waals surface area contributed by atoms with Crippen LogP contribution >= 0.6 is 15.9 Å². The van der Waals surface area contributed by atoms with Crippen LogP contribution in [0.3, 0.4) is 0 Å². The molecule has 2 fully saturated rings. The van der Waals surface area contributed by atoms with Crippen LogP contribution in [0, 0.1) is 5.92 Å². The van der Waals surface area contributed by atoms with E-state index >= 15 is 0 Å². The van der Waals surface area contributed by atoms with Crippen molar-refractivity contribution >= 4 is 15.9 Å². The van der Waals surface area contributed by atoms with Gasteiger partial charge in [-0.05, 0) is 50.0 Å². The molecule has 0 aliphatic carbocycles. The Hall–Kier alpha value is -0.580. The van der Waals surface area contributed by atoms with Crippen LogP contribution < -0.4 is 10.1 Å². The monoisotopic (exact) mass is 324 g/mol. The minimum absolute atomic E-state index is 0.764. The summed E-state index contributed by atoms with van der Waals surface area (Å²) in [5, 5.41) is 3.62. The Morgan fingerprint density at radius 2 is 2.32 bits per heavy atom. The number of piperidine rings is 1. The molecule has 2 aliphatic heterocycles. The maximum Gasteiger partial charge on any atom is 0.123 e. The molecule has 2 atom stereocenters. The van der Waals surface area contributed by atoms with E-state index in [4.69, 9.17) is 4.74 Å². The van der Waals surface area contributed by atoms with Crippen LogP contribution in [0.4, 0.5) is 0 Å². The van der Waals surface area contributed by atoms with Gasteiger partial charge in [0, 0.05) is 29.2 Å². The Labute approximate surface area is 123 Å². The van der Waals surface area contributed by atoms with Crippen molar-refractivity contribution in [3.8, 4) is 5.75 Å². The minimum atomic E-state index is 0.764. The smallest absolute Gasteiger partial charge is 0.123 e. The quantitative estimate of drug-likeness (QED) is 0.925. The normalized spacial score (nSPS) is 27.3. The van der Waals surface area contributed by atoms with E-state index in [0.717, 1.165) is 28.7 Å². The second-order valence-corrected chi connectivity index (χ2v) is 6.51. The third-order valence-corrected chi connectivity index (χ3v) is 4.87. The third kappa shape index (κ3) is 2.96. The zero-order chi connectivity index (χ0) is 13.2. The highest BCUT2D eigenvalue weighted by molar-refractivity contribution is 9.10. The van der Waals surface area contributed by atoms with Crippen molar-refractivity contribution in [3.05, 3.63) is 28.2 Å². The van der Waals surface area contributed by atoms with Crippen molar-refractivity contribution < 1.29 is 4.74 Å². The Kier molecular flexibility index (Phi) is 4.10. The van der Waals surface area contributed by atoms with Gasteiger partial charge < -0.3 is 10.1 Å². The predicted octanol–water partition coefficient (Wildman–Crippen LogP) is 2.64. The highest BCUT2D eigenvalue weighted by atomic mass is 79.9. The fourth-order valence-corrected chi connectivity index (χ4v) is 3.79. The first-order valence-corrected chi connectivity index (χ1v) is 7.83. The van der Waals surface area contributed by atoms with Crippen molar-refractivity contribution in [2.45, 2.75) is 25.4 Å². The van der Waals surface area contributed by atoms with Crippen LogP contribution in [-0.4, -0.2) is 37.7 Å². The Morgan fingerprint density at radius 3 is 3.16 bits per heavy atom. The lowest BCUT2D eigenvalue weighted by atomic mass is 9.93. The molecule has 0 saturated carbocycles. The number of hydrogen-bond donors (Lipinski definition) is 1. The molecule has 3 nitrogen and oxygen atoms in total. The van der Waals surface area contributed by atoms with E-state index < -0.39 is 0 Å². The molecule has 104 valence electrons. The van der Waals surface area contributed by atoms with E-state index in [0.29, 0.717) is 0 Å². The summed E-state index contributed by atoms with van der Waals surface area (Å²) in [5.74, 6) is 1.83. The van der Waals surface area contributed by atoms with Gasteiger partial charge in [-0.3, -0.25) is 4.90 Å². The predicted molar refractivity (Wildman–Crippen MR) is 80.5 cm³/mol. The van der Waals surface area contributed by atoms with Gasteiger partial charge in [0.1, 0.15) is 5.75 Å². The second kappa shape index (κ2) is 5.81. The Morgan fingerprint density at radius 1 is 1.42 bits per heavy atom. The lowest BCUT2D eigenvalue weighted by molar-refractivity contribution is 0.154. The molecule has 0 bridgehead atoms. The molecule has 3 rings (SSSR count). The molecular weight excluding hydrogens is 304 g/mol. The number of methoxy groups -OCH3 is 1. The summed E-state index contributed by atoms with van der Waals surface area (Å²) in [4.78, 5) is 2.57. The van der Waals surface area contributed by atoms with Crippen LogP contribution in [0.1, 0.15) is 18.4 Å². The molecule has 1 aromatic rings. The molecule has 2 aliphatic rings. The summed E-state index contributed by atoms with van der Waals surface area (Å²) in [6.45, 7) is 4.59. The standard InChI is InChI=1S/C15H21BrN2O/c1-19-15-3-2-13(16)8-12(15)10-18-7-5-14-11(9-18)4-6-17-14/h2-3,8,11,14,17H,4-7,9-10H2,1H3. The number of fused-ring (bicyclic) bond motifs is 1. The van der Waals surface area contributed by atoms with Crippen LogP contribution in [-0.2, 0) is 6.54 Å². The molecule has 4 heteroatoms. The molecular formula is C15H21BrN2O. The number of halogens is 1. The van der Waals surface area contributed by atoms with E-state index in [9.17, 15) is 0 Å². The first-order valence-electron chi connectivity index (χ1n) is 7.04. The topological polar surface area (TPSA) is 24.5 Å². The summed E-state index contributed by atoms with van der Waals surface area (Å²) in [6.07, 6.45) is 2.61. The van der Waals surface area contributed by atoms with Gasteiger partial charge in [0.05, 0.1) is 7.11 Å². The van der Waals surface area contributed by atoms with Crippen molar-refractivity contribution in [3.63, 3.8) is 0 Å². The molecule has 1 aromatic carbocycles. The number of nitrogens with zero attached hydrogens (tertiary/aromatic N) is 1. The summed E-state index contributed by atoms with van der Waals surface area (Å²) in [6, 6.07) is 7.02. The number of hydrogen-bond acceptors (Lipinski definition) is 3. The van der Waals surface area contributed by atoms with E-state index in [1.165, 1.54) is 38.0 Å². The Balaban J connectivity index is 1.69. The number of rotatable bonds is 3. The number of benzene rings is 1. The average Bonchev–Trinajstić information content (AvgIpc) is 2.86. The van der Waals surface area contributed by atoms with Gasteiger partial charge in [0.2, 0.25) is 0 Å². The lowest BCUT2D eigenvalue weighted by Gasteiger charge is -2.35. The molecule has 0 radical (unpaired) electrons. The SMILES string of the molecule is COc1ccc(Br)cc1CN1CCC2NCCC2C1. The van der Waals surface area contributed by atoms with Crippen LogP contribution in [0.5, 0.6) is 5.75 Å². The molecule has 2 saturated heterocycles. The first-order chi connectivity index (χ1) is 9.26. The second-order valence-electron chi connectivity index (χ2n) is 5.59. The summed E-state index contributed by atoms with van der Waals surface area (Å²) >= 11 is 3.55. The van der Waals surface area contributed by atoms with Gasteiger partial charge in [-0.25, -0.2) is 0 Å². The fourth-order valence-electron chi connectivity index (χ4n) is 3.38.